The Morgan fingerprint density at radius 1 is 1.00 bits per heavy atom. The molecule has 0 spiro atoms. The molecule has 2 aromatic carbocycles. The number of carbonyl (C=O) groups is 1. The van der Waals surface area contributed by atoms with Crippen molar-refractivity contribution in [2.24, 2.45) is 0 Å². The number of rotatable bonds is 3. The maximum absolute atomic E-state index is 13.0. The van der Waals surface area contributed by atoms with E-state index in [0.29, 0.717) is 16.9 Å². The highest BCUT2D eigenvalue weighted by Crippen LogP contribution is 2.33. The molecule has 0 unspecified atom stereocenters. The van der Waals surface area contributed by atoms with Crippen molar-refractivity contribution in [1.82, 2.24) is 19.5 Å². The highest BCUT2D eigenvalue weighted by Gasteiger charge is 2.32. The maximum Gasteiger partial charge on any atom is 0.416 e. The molecule has 0 saturated heterocycles. The second-order valence-corrected chi connectivity index (χ2v) is 6.70. The zero-order valence-corrected chi connectivity index (χ0v) is 16.1. The molecule has 4 aromatic rings. The molecular formula is C20H16F3N7O. The summed E-state index contributed by atoms with van der Waals surface area (Å²) in [6, 6.07) is 9.67. The Hall–Kier alpha value is -4.15. The predicted molar refractivity (Wildman–Crippen MR) is 110 cm³/mol. The minimum Gasteiger partial charge on any atom is -0.382 e. The lowest BCUT2D eigenvalue weighted by molar-refractivity contribution is -0.138. The van der Waals surface area contributed by atoms with E-state index < -0.39 is 17.8 Å². The number of urea groups is 1. The number of carbonyl (C=O) groups excluding carboxylic acids is 1. The lowest BCUT2D eigenvalue weighted by Crippen LogP contribution is -2.20. The Bertz CT molecular complexity index is 1270. The minimum atomic E-state index is -4.50. The van der Waals surface area contributed by atoms with Crippen molar-refractivity contribution in [2.45, 2.75) is 13.1 Å². The SMILES string of the molecule is Cc1ccc(NC(=O)Nc2ccc(-n3cnc4c(N)ncnc43)cc2)cc1C(F)(F)F. The van der Waals surface area contributed by atoms with Crippen LogP contribution in [0.3, 0.4) is 0 Å². The van der Waals surface area contributed by atoms with Gasteiger partial charge in [-0.2, -0.15) is 13.2 Å². The monoisotopic (exact) mass is 427 g/mol. The normalized spacial score (nSPS) is 11.5. The number of aromatic nitrogens is 4. The Morgan fingerprint density at radius 3 is 2.39 bits per heavy atom. The average molecular weight is 427 g/mol. The highest BCUT2D eigenvalue weighted by molar-refractivity contribution is 5.99. The highest BCUT2D eigenvalue weighted by atomic mass is 19.4. The first-order valence-electron chi connectivity index (χ1n) is 9.02. The lowest BCUT2D eigenvalue weighted by Gasteiger charge is -2.13. The second kappa shape index (κ2) is 7.59. The van der Waals surface area contributed by atoms with Gasteiger partial charge >= 0.3 is 12.2 Å². The molecule has 0 saturated carbocycles. The molecule has 0 bridgehead atoms. The molecule has 2 amide bonds. The number of amides is 2. The first kappa shape index (κ1) is 20.1. The molecule has 0 fully saturated rings. The zero-order valence-electron chi connectivity index (χ0n) is 16.1. The van der Waals surface area contributed by atoms with Gasteiger partial charge in [-0.05, 0) is 48.9 Å². The average Bonchev–Trinajstić information content (AvgIpc) is 3.15. The van der Waals surface area contributed by atoms with Crippen molar-refractivity contribution in [1.29, 1.82) is 0 Å². The maximum atomic E-state index is 13.0. The van der Waals surface area contributed by atoms with Crippen LogP contribution in [0.25, 0.3) is 16.9 Å². The summed E-state index contributed by atoms with van der Waals surface area (Å²) in [4.78, 5) is 24.5. The number of aryl methyl sites for hydroxylation is 1. The quantitative estimate of drug-likeness (QED) is 0.450. The molecule has 4 rings (SSSR count). The summed E-state index contributed by atoms with van der Waals surface area (Å²) in [6.07, 6.45) is -1.60. The summed E-state index contributed by atoms with van der Waals surface area (Å²) in [5, 5.41) is 4.99. The van der Waals surface area contributed by atoms with E-state index in [1.807, 2.05) is 0 Å². The van der Waals surface area contributed by atoms with E-state index in [1.165, 1.54) is 25.4 Å². The number of halogens is 3. The number of fused-ring (bicyclic) bond motifs is 1. The summed E-state index contributed by atoms with van der Waals surface area (Å²) in [7, 11) is 0. The molecular weight excluding hydrogens is 411 g/mol. The standard InChI is InChI=1S/C20H16F3N7O/c1-11-2-3-13(8-15(11)20(21,22)23)29-19(31)28-12-4-6-14(7-5-12)30-10-27-16-17(24)25-9-26-18(16)30/h2-10H,1H3,(H2,24,25,26)(H2,28,29,31). The smallest absolute Gasteiger partial charge is 0.382 e. The molecule has 0 aliphatic heterocycles. The molecule has 4 N–H and O–H groups in total. The van der Waals surface area contributed by atoms with Crippen LogP contribution in [-0.4, -0.2) is 25.6 Å². The van der Waals surface area contributed by atoms with Gasteiger partial charge in [-0.3, -0.25) is 4.57 Å². The zero-order chi connectivity index (χ0) is 22.2. The van der Waals surface area contributed by atoms with Gasteiger partial charge in [0.15, 0.2) is 17.0 Å². The van der Waals surface area contributed by atoms with Crippen LogP contribution in [0.4, 0.5) is 35.2 Å². The van der Waals surface area contributed by atoms with Gasteiger partial charge in [0.2, 0.25) is 0 Å². The molecule has 158 valence electrons. The van der Waals surface area contributed by atoms with Gasteiger partial charge in [0, 0.05) is 17.1 Å². The van der Waals surface area contributed by atoms with E-state index in [9.17, 15) is 18.0 Å². The van der Waals surface area contributed by atoms with Gasteiger partial charge < -0.3 is 16.4 Å². The van der Waals surface area contributed by atoms with Crippen LogP contribution >= 0.6 is 0 Å². The summed E-state index contributed by atoms with van der Waals surface area (Å²) < 4.78 is 40.8. The summed E-state index contributed by atoms with van der Waals surface area (Å²) in [5.41, 5.74) is 7.28. The van der Waals surface area contributed by atoms with Crippen LogP contribution in [-0.2, 0) is 6.18 Å². The molecule has 2 heterocycles. The van der Waals surface area contributed by atoms with E-state index in [4.69, 9.17) is 5.73 Å². The number of hydrogen-bond acceptors (Lipinski definition) is 5. The lowest BCUT2D eigenvalue weighted by atomic mass is 10.1. The Kier molecular flexibility index (Phi) is 4.93. The van der Waals surface area contributed by atoms with E-state index in [0.717, 1.165) is 11.8 Å². The van der Waals surface area contributed by atoms with Crippen LogP contribution in [0.2, 0.25) is 0 Å². The molecule has 31 heavy (non-hydrogen) atoms. The van der Waals surface area contributed by atoms with Crippen molar-refractivity contribution >= 4 is 34.4 Å². The number of nitrogens with two attached hydrogens (primary N) is 1. The van der Waals surface area contributed by atoms with Crippen molar-refractivity contribution in [3.8, 4) is 5.69 Å². The number of hydrogen-bond donors (Lipinski definition) is 3. The van der Waals surface area contributed by atoms with Crippen LogP contribution in [0, 0.1) is 6.92 Å². The fourth-order valence-electron chi connectivity index (χ4n) is 3.05. The number of alkyl halides is 3. The third kappa shape index (κ3) is 4.10. The Labute approximate surface area is 173 Å². The second-order valence-electron chi connectivity index (χ2n) is 6.70. The van der Waals surface area contributed by atoms with Gasteiger partial charge in [-0.15, -0.1) is 0 Å². The van der Waals surface area contributed by atoms with E-state index in [2.05, 4.69) is 25.6 Å². The third-order valence-corrected chi connectivity index (χ3v) is 4.57. The van der Waals surface area contributed by atoms with Crippen LogP contribution in [0.5, 0.6) is 0 Å². The van der Waals surface area contributed by atoms with Crippen molar-refractivity contribution in [2.75, 3.05) is 16.4 Å². The van der Waals surface area contributed by atoms with Crippen molar-refractivity contribution < 1.29 is 18.0 Å². The molecule has 0 aliphatic rings. The van der Waals surface area contributed by atoms with Gasteiger partial charge in [0.25, 0.3) is 0 Å². The van der Waals surface area contributed by atoms with Crippen LogP contribution in [0.1, 0.15) is 11.1 Å². The van der Waals surface area contributed by atoms with E-state index in [-0.39, 0.29) is 17.1 Å². The number of nitrogens with one attached hydrogen (secondary N) is 2. The Balaban J connectivity index is 1.48. The number of benzene rings is 2. The molecule has 11 heteroatoms. The fraction of sp³-hybridized carbons (Fsp3) is 0.100. The summed E-state index contributed by atoms with van der Waals surface area (Å²) in [6.45, 7) is 1.36. The number of nitrogens with zero attached hydrogens (tertiary/aromatic N) is 4. The van der Waals surface area contributed by atoms with Gasteiger partial charge in [-0.25, -0.2) is 19.7 Å². The molecule has 8 nitrogen and oxygen atoms in total. The van der Waals surface area contributed by atoms with Gasteiger partial charge in [0.05, 0.1) is 5.56 Å². The van der Waals surface area contributed by atoms with Gasteiger partial charge in [-0.1, -0.05) is 6.07 Å². The molecule has 0 aliphatic carbocycles. The molecule has 0 atom stereocenters. The molecule has 0 radical (unpaired) electrons. The topological polar surface area (TPSA) is 111 Å². The number of imidazole rings is 1. The first-order valence-corrected chi connectivity index (χ1v) is 9.02. The van der Waals surface area contributed by atoms with Crippen LogP contribution < -0.4 is 16.4 Å². The summed E-state index contributed by atoms with van der Waals surface area (Å²) >= 11 is 0. The van der Waals surface area contributed by atoms with Crippen molar-refractivity contribution in [3.05, 3.63) is 66.2 Å². The van der Waals surface area contributed by atoms with Gasteiger partial charge in [0.1, 0.15) is 12.7 Å². The van der Waals surface area contributed by atoms with E-state index >= 15 is 0 Å². The first-order chi connectivity index (χ1) is 14.7. The Morgan fingerprint density at radius 2 is 1.68 bits per heavy atom. The van der Waals surface area contributed by atoms with Crippen molar-refractivity contribution in [3.63, 3.8) is 0 Å². The minimum absolute atomic E-state index is 0.0363. The summed E-state index contributed by atoms with van der Waals surface area (Å²) in [5.74, 6) is 0.267. The van der Waals surface area contributed by atoms with Crippen LogP contribution in [0.15, 0.2) is 55.1 Å². The fourth-order valence-corrected chi connectivity index (χ4v) is 3.05. The molecule has 2 aromatic heterocycles. The third-order valence-electron chi connectivity index (χ3n) is 4.57. The predicted octanol–water partition coefficient (Wildman–Crippen LogP) is 4.37. The van der Waals surface area contributed by atoms with E-state index in [1.54, 1.807) is 35.2 Å². The number of nitrogen functional groups attached to an aromatic ring is 1. The largest absolute Gasteiger partial charge is 0.416 e. The number of anilines is 3.